The molecule has 0 aliphatic carbocycles. The third-order valence-electron chi connectivity index (χ3n) is 2.77. The maximum Gasteiger partial charge on any atom is 0.239 e. The minimum Gasteiger partial charge on any atom is -0.354 e. The lowest BCUT2D eigenvalue weighted by molar-refractivity contribution is -0.126. The smallest absolute Gasteiger partial charge is 0.239 e. The van der Waals surface area contributed by atoms with Crippen molar-refractivity contribution in [2.45, 2.75) is 26.3 Å². The summed E-state index contributed by atoms with van der Waals surface area (Å²) in [6, 6.07) is 8.91. The van der Waals surface area contributed by atoms with E-state index in [2.05, 4.69) is 10.6 Å². The van der Waals surface area contributed by atoms with Crippen molar-refractivity contribution in [2.24, 2.45) is 11.7 Å². The van der Waals surface area contributed by atoms with E-state index in [0.717, 1.165) is 5.56 Å². The van der Waals surface area contributed by atoms with E-state index < -0.39 is 6.04 Å². The number of amides is 2. The molecule has 0 fully saturated rings. The van der Waals surface area contributed by atoms with E-state index in [1.54, 1.807) is 0 Å². The van der Waals surface area contributed by atoms with Gasteiger partial charge >= 0.3 is 0 Å². The molecule has 0 aromatic heterocycles. The normalized spacial score (nSPS) is 12.0. The second-order valence-corrected chi connectivity index (χ2v) is 5.21. The number of carbonyl (C=O) groups excluding carboxylic acids is 2. The highest BCUT2D eigenvalue weighted by molar-refractivity contribution is 5.87. The standard InChI is InChI=1S/C15H23N3O2/c1-11(2)9-17-14(19)10-18-15(20)13(16)8-12-6-4-3-5-7-12/h3-7,11,13H,8-10,16H2,1-2H3,(H,17,19)(H,18,20)/t13-/m0/s1. The van der Waals surface area contributed by atoms with E-state index in [4.69, 9.17) is 5.73 Å². The molecular weight excluding hydrogens is 254 g/mol. The second-order valence-electron chi connectivity index (χ2n) is 5.21. The van der Waals surface area contributed by atoms with Crippen molar-refractivity contribution in [1.82, 2.24) is 10.6 Å². The molecule has 0 unspecified atom stereocenters. The Kier molecular flexibility index (Phi) is 6.73. The predicted octanol–water partition coefficient (Wildman–Crippen LogP) is 0.445. The lowest BCUT2D eigenvalue weighted by Gasteiger charge is -2.13. The van der Waals surface area contributed by atoms with Gasteiger partial charge in [-0.3, -0.25) is 9.59 Å². The van der Waals surface area contributed by atoms with Gasteiger partial charge in [0.2, 0.25) is 11.8 Å². The third-order valence-corrected chi connectivity index (χ3v) is 2.77. The van der Waals surface area contributed by atoms with Crippen molar-refractivity contribution in [3.05, 3.63) is 35.9 Å². The van der Waals surface area contributed by atoms with Crippen LogP contribution in [0, 0.1) is 5.92 Å². The number of nitrogens with one attached hydrogen (secondary N) is 2. The van der Waals surface area contributed by atoms with Crippen LogP contribution in [0.1, 0.15) is 19.4 Å². The van der Waals surface area contributed by atoms with Crippen LogP contribution in [0.15, 0.2) is 30.3 Å². The van der Waals surface area contributed by atoms with E-state index in [9.17, 15) is 9.59 Å². The first-order chi connectivity index (χ1) is 9.49. The van der Waals surface area contributed by atoms with E-state index in [1.807, 2.05) is 44.2 Å². The monoisotopic (exact) mass is 277 g/mol. The average Bonchev–Trinajstić information content (AvgIpc) is 2.43. The van der Waals surface area contributed by atoms with Crippen LogP contribution in [0.5, 0.6) is 0 Å². The molecule has 0 saturated carbocycles. The Balaban J connectivity index is 2.30. The van der Waals surface area contributed by atoms with Crippen molar-refractivity contribution in [1.29, 1.82) is 0 Å². The SMILES string of the molecule is CC(C)CNC(=O)CNC(=O)[C@@H](N)Cc1ccccc1. The van der Waals surface area contributed by atoms with Crippen molar-refractivity contribution in [3.8, 4) is 0 Å². The number of carbonyl (C=O) groups is 2. The number of rotatable bonds is 7. The first kappa shape index (κ1) is 16.2. The molecule has 0 aliphatic heterocycles. The summed E-state index contributed by atoms with van der Waals surface area (Å²) in [6.45, 7) is 4.59. The zero-order valence-corrected chi connectivity index (χ0v) is 12.1. The van der Waals surface area contributed by atoms with E-state index >= 15 is 0 Å². The van der Waals surface area contributed by atoms with Gasteiger partial charge in [0.05, 0.1) is 12.6 Å². The Morgan fingerprint density at radius 3 is 2.40 bits per heavy atom. The molecule has 1 aromatic rings. The molecule has 0 aliphatic rings. The Morgan fingerprint density at radius 2 is 1.80 bits per heavy atom. The van der Waals surface area contributed by atoms with Gasteiger partial charge in [-0.05, 0) is 17.9 Å². The molecule has 5 nitrogen and oxygen atoms in total. The first-order valence-electron chi connectivity index (χ1n) is 6.83. The van der Waals surface area contributed by atoms with Gasteiger partial charge < -0.3 is 16.4 Å². The highest BCUT2D eigenvalue weighted by atomic mass is 16.2. The molecule has 20 heavy (non-hydrogen) atoms. The highest BCUT2D eigenvalue weighted by Crippen LogP contribution is 2.01. The van der Waals surface area contributed by atoms with Gasteiger partial charge in [-0.25, -0.2) is 0 Å². The van der Waals surface area contributed by atoms with E-state index in [-0.39, 0.29) is 18.4 Å². The molecule has 2 amide bonds. The summed E-state index contributed by atoms with van der Waals surface area (Å²) in [5, 5.41) is 5.28. The molecule has 1 aromatic carbocycles. The molecule has 110 valence electrons. The molecule has 1 rings (SSSR count). The van der Waals surface area contributed by atoms with Crippen LogP contribution in [0.25, 0.3) is 0 Å². The zero-order chi connectivity index (χ0) is 15.0. The van der Waals surface area contributed by atoms with Crippen molar-refractivity contribution in [3.63, 3.8) is 0 Å². The number of nitrogens with two attached hydrogens (primary N) is 1. The number of hydrogen-bond donors (Lipinski definition) is 3. The van der Waals surface area contributed by atoms with Crippen molar-refractivity contribution >= 4 is 11.8 Å². The Hall–Kier alpha value is -1.88. The maximum absolute atomic E-state index is 11.8. The Morgan fingerprint density at radius 1 is 1.15 bits per heavy atom. The second kappa shape index (κ2) is 8.32. The lowest BCUT2D eigenvalue weighted by atomic mass is 10.1. The van der Waals surface area contributed by atoms with Crippen LogP contribution in [-0.2, 0) is 16.0 Å². The quantitative estimate of drug-likeness (QED) is 0.676. The Bertz CT molecular complexity index is 432. The summed E-state index contributed by atoms with van der Waals surface area (Å²) in [5.74, 6) is -0.123. The topological polar surface area (TPSA) is 84.2 Å². The van der Waals surface area contributed by atoms with Gasteiger partial charge in [-0.1, -0.05) is 44.2 Å². The third kappa shape index (κ3) is 6.33. The lowest BCUT2D eigenvalue weighted by Crippen LogP contribution is -2.46. The van der Waals surface area contributed by atoms with Crippen molar-refractivity contribution in [2.75, 3.05) is 13.1 Å². The molecule has 5 heteroatoms. The van der Waals surface area contributed by atoms with Crippen LogP contribution in [0.3, 0.4) is 0 Å². The van der Waals surface area contributed by atoms with Gasteiger partial charge in [0.15, 0.2) is 0 Å². The summed E-state index contributed by atoms with van der Waals surface area (Å²) >= 11 is 0. The van der Waals surface area contributed by atoms with Gasteiger partial charge in [0.25, 0.3) is 0 Å². The van der Waals surface area contributed by atoms with Crippen LogP contribution in [0.4, 0.5) is 0 Å². The molecule has 1 atom stereocenters. The first-order valence-corrected chi connectivity index (χ1v) is 6.83. The molecule has 0 bridgehead atoms. The number of hydrogen-bond acceptors (Lipinski definition) is 3. The molecule has 0 heterocycles. The van der Waals surface area contributed by atoms with Crippen molar-refractivity contribution < 1.29 is 9.59 Å². The fourth-order valence-corrected chi connectivity index (χ4v) is 1.64. The summed E-state index contributed by atoms with van der Waals surface area (Å²) in [4.78, 5) is 23.2. The summed E-state index contributed by atoms with van der Waals surface area (Å²) in [5.41, 5.74) is 6.81. The van der Waals surface area contributed by atoms with E-state index in [1.165, 1.54) is 0 Å². The van der Waals surface area contributed by atoms with Crippen LogP contribution < -0.4 is 16.4 Å². The van der Waals surface area contributed by atoms with E-state index in [0.29, 0.717) is 18.9 Å². The summed E-state index contributed by atoms with van der Waals surface area (Å²) in [7, 11) is 0. The molecule has 0 radical (unpaired) electrons. The molecule has 0 saturated heterocycles. The Labute approximate surface area is 119 Å². The average molecular weight is 277 g/mol. The fraction of sp³-hybridized carbons (Fsp3) is 0.467. The van der Waals surface area contributed by atoms with Crippen LogP contribution in [0.2, 0.25) is 0 Å². The van der Waals surface area contributed by atoms with Gasteiger partial charge in [0, 0.05) is 6.54 Å². The molecule has 4 N–H and O–H groups in total. The molecular formula is C15H23N3O2. The summed E-state index contributed by atoms with van der Waals surface area (Å²) in [6.07, 6.45) is 0.459. The van der Waals surface area contributed by atoms with Gasteiger partial charge in [-0.2, -0.15) is 0 Å². The fourth-order valence-electron chi connectivity index (χ4n) is 1.64. The maximum atomic E-state index is 11.8. The van der Waals surface area contributed by atoms with Crippen LogP contribution in [-0.4, -0.2) is 30.9 Å². The number of benzene rings is 1. The summed E-state index contributed by atoms with van der Waals surface area (Å²) < 4.78 is 0. The van der Waals surface area contributed by atoms with Gasteiger partial charge in [0.1, 0.15) is 0 Å². The highest BCUT2D eigenvalue weighted by Gasteiger charge is 2.14. The van der Waals surface area contributed by atoms with Crippen LogP contribution >= 0.6 is 0 Å². The molecule has 0 spiro atoms. The zero-order valence-electron chi connectivity index (χ0n) is 12.1. The predicted molar refractivity (Wildman–Crippen MR) is 79.0 cm³/mol. The minimum atomic E-state index is -0.643. The minimum absolute atomic E-state index is 0.0337. The largest absolute Gasteiger partial charge is 0.354 e. The van der Waals surface area contributed by atoms with Gasteiger partial charge in [-0.15, -0.1) is 0 Å².